The van der Waals surface area contributed by atoms with Gasteiger partial charge in [0.05, 0.1) is 19.0 Å². The van der Waals surface area contributed by atoms with Crippen LogP contribution in [0.4, 0.5) is 0 Å². The number of ketones is 1. The van der Waals surface area contributed by atoms with E-state index in [2.05, 4.69) is 10.6 Å². The van der Waals surface area contributed by atoms with Crippen molar-refractivity contribution in [3.05, 3.63) is 123 Å². The smallest absolute Gasteiger partial charge is 0.252 e. The molecular weight excluding hydrogens is 528 g/mol. The van der Waals surface area contributed by atoms with Gasteiger partial charge in [0.15, 0.2) is 5.78 Å². The highest BCUT2D eigenvalue weighted by Crippen LogP contribution is 2.34. The second kappa shape index (κ2) is 12.4. The average Bonchev–Trinajstić information content (AvgIpc) is 2.94. The van der Waals surface area contributed by atoms with Gasteiger partial charge < -0.3 is 20.8 Å². The number of rotatable bonds is 9. The second-order valence-corrected chi connectivity index (χ2v) is 9.61. The zero-order valence-corrected chi connectivity index (χ0v) is 23.1. The Hall–Kier alpha value is -4.69. The molecule has 0 fully saturated rings. The Morgan fingerprint density at radius 1 is 1.10 bits per heavy atom. The molecule has 0 saturated heterocycles. The Labute approximate surface area is 237 Å². The molecule has 1 amide bonds. The predicted octanol–water partition coefficient (Wildman–Crippen LogP) is 4.86. The summed E-state index contributed by atoms with van der Waals surface area (Å²) in [5.41, 5.74) is 3.06. The van der Waals surface area contributed by atoms with Crippen LogP contribution in [0.15, 0.2) is 101 Å². The minimum absolute atomic E-state index is 0.187. The molecule has 3 N–H and O–H groups in total. The number of halogens is 1. The van der Waals surface area contributed by atoms with E-state index in [1.807, 2.05) is 30.3 Å². The van der Waals surface area contributed by atoms with Gasteiger partial charge in [-0.25, -0.2) is 0 Å². The largest absolute Gasteiger partial charge is 0.495 e. The van der Waals surface area contributed by atoms with Crippen LogP contribution in [0.2, 0.25) is 5.02 Å². The Balaban J connectivity index is 1.80. The molecule has 40 heavy (non-hydrogen) atoms. The van der Waals surface area contributed by atoms with E-state index < -0.39 is 17.5 Å². The van der Waals surface area contributed by atoms with Crippen molar-refractivity contribution in [3.8, 4) is 16.9 Å². The molecule has 0 aliphatic heterocycles. The van der Waals surface area contributed by atoms with Crippen LogP contribution >= 0.6 is 11.6 Å². The van der Waals surface area contributed by atoms with Crippen molar-refractivity contribution in [2.75, 3.05) is 14.2 Å². The SMILES string of the molecule is CN/C=C1/C=C(NC(=O)[C@@H](Cc2ccccc2)n2cc(OC)c(-c3cc(Cl)ccc3C(C)=O)cc2=O)C=CC1=N. The van der Waals surface area contributed by atoms with Crippen LogP contribution in [0.3, 0.4) is 0 Å². The number of Topliss-reactive ketones (excluding diaryl/α,β-unsaturated/α-hetero) is 1. The van der Waals surface area contributed by atoms with Gasteiger partial charge in [0, 0.05) is 53.2 Å². The summed E-state index contributed by atoms with van der Waals surface area (Å²) in [6, 6.07) is 14.6. The molecule has 4 rings (SSSR count). The number of nitrogens with zero attached hydrogens (tertiary/aromatic N) is 1. The molecule has 0 saturated carbocycles. The van der Waals surface area contributed by atoms with Crippen LogP contribution in [0.1, 0.15) is 28.9 Å². The fraction of sp³-hybridized carbons (Fsp3) is 0.161. The molecule has 9 heteroatoms. The average molecular weight is 557 g/mol. The molecule has 1 aliphatic rings. The fourth-order valence-corrected chi connectivity index (χ4v) is 4.66. The van der Waals surface area contributed by atoms with E-state index in [4.69, 9.17) is 21.7 Å². The highest BCUT2D eigenvalue weighted by atomic mass is 35.5. The number of carbonyl (C=O) groups excluding carboxylic acids is 2. The molecule has 3 aromatic rings. The van der Waals surface area contributed by atoms with Crippen LogP contribution in [-0.2, 0) is 11.2 Å². The van der Waals surface area contributed by atoms with Gasteiger partial charge in [-0.3, -0.25) is 19.0 Å². The zero-order chi connectivity index (χ0) is 28.8. The summed E-state index contributed by atoms with van der Waals surface area (Å²) in [7, 11) is 3.19. The van der Waals surface area contributed by atoms with Crippen molar-refractivity contribution in [2.24, 2.45) is 0 Å². The number of amides is 1. The van der Waals surface area contributed by atoms with Crippen LogP contribution < -0.4 is 20.9 Å². The summed E-state index contributed by atoms with van der Waals surface area (Å²) in [5, 5.41) is 14.3. The van der Waals surface area contributed by atoms with Gasteiger partial charge in [-0.1, -0.05) is 41.9 Å². The van der Waals surface area contributed by atoms with E-state index in [-0.39, 0.29) is 12.2 Å². The van der Waals surface area contributed by atoms with E-state index in [0.717, 1.165) is 5.56 Å². The van der Waals surface area contributed by atoms with Crippen LogP contribution in [-0.4, -0.2) is 36.1 Å². The normalized spacial score (nSPS) is 14.4. The molecule has 1 aliphatic carbocycles. The van der Waals surface area contributed by atoms with Crippen molar-refractivity contribution in [2.45, 2.75) is 19.4 Å². The van der Waals surface area contributed by atoms with Crippen LogP contribution in [0, 0.1) is 5.41 Å². The maximum absolute atomic E-state index is 13.7. The number of benzene rings is 2. The van der Waals surface area contributed by atoms with Crippen molar-refractivity contribution in [1.29, 1.82) is 5.41 Å². The number of ether oxygens (including phenoxy) is 1. The van der Waals surface area contributed by atoms with Crippen LogP contribution in [0.5, 0.6) is 5.75 Å². The number of carbonyl (C=O) groups is 2. The Morgan fingerprint density at radius 3 is 2.52 bits per heavy atom. The molecule has 8 nitrogen and oxygen atoms in total. The van der Waals surface area contributed by atoms with E-state index in [1.54, 1.807) is 49.7 Å². The first kappa shape index (κ1) is 28.3. The van der Waals surface area contributed by atoms with Crippen molar-refractivity contribution in [1.82, 2.24) is 15.2 Å². The lowest BCUT2D eigenvalue weighted by molar-refractivity contribution is -0.123. The second-order valence-electron chi connectivity index (χ2n) is 9.18. The molecular formula is C31H29ClN4O4. The summed E-state index contributed by atoms with van der Waals surface area (Å²) in [5.74, 6) is -0.298. The van der Waals surface area contributed by atoms with E-state index >= 15 is 0 Å². The quantitative estimate of drug-likeness (QED) is 0.326. The number of aromatic nitrogens is 1. The third-order valence-corrected chi connectivity index (χ3v) is 6.68. The molecule has 1 aromatic heterocycles. The minimum atomic E-state index is -0.933. The van der Waals surface area contributed by atoms with Crippen molar-refractivity contribution in [3.63, 3.8) is 0 Å². The Bertz CT molecular complexity index is 1620. The van der Waals surface area contributed by atoms with Gasteiger partial charge in [-0.15, -0.1) is 0 Å². The molecule has 1 atom stereocenters. The maximum Gasteiger partial charge on any atom is 0.252 e. The summed E-state index contributed by atoms with van der Waals surface area (Å²) in [6.45, 7) is 1.44. The summed E-state index contributed by atoms with van der Waals surface area (Å²) in [4.78, 5) is 39.6. The number of pyridine rings is 1. The number of hydrogen-bond donors (Lipinski definition) is 3. The van der Waals surface area contributed by atoms with Gasteiger partial charge in [0.2, 0.25) is 5.91 Å². The van der Waals surface area contributed by atoms with Gasteiger partial charge in [-0.2, -0.15) is 0 Å². The first-order valence-corrected chi connectivity index (χ1v) is 12.9. The summed E-state index contributed by atoms with van der Waals surface area (Å²) < 4.78 is 6.98. The predicted molar refractivity (Wildman–Crippen MR) is 157 cm³/mol. The van der Waals surface area contributed by atoms with Crippen molar-refractivity contribution < 1.29 is 14.3 Å². The molecule has 0 radical (unpaired) electrons. The summed E-state index contributed by atoms with van der Waals surface area (Å²) in [6.07, 6.45) is 8.30. The molecule has 204 valence electrons. The molecule has 0 unspecified atom stereocenters. The standard InChI is InChI=1S/C31H29ClN4O4/c1-19(37)24-11-9-22(32)15-25(24)26-16-30(38)36(18-29(26)40-3)28(13-20-7-5-4-6-8-20)31(39)35-23-10-12-27(33)21(14-23)17-34-2/h4-12,14-18,28,33-34H,13H2,1-3H3,(H,35,39)/b21-17-,33-27?/t28-/m1/s1. The molecule has 0 spiro atoms. The van der Waals surface area contributed by atoms with Crippen LogP contribution in [0.25, 0.3) is 11.1 Å². The van der Waals surface area contributed by atoms with Crippen molar-refractivity contribution >= 4 is 29.0 Å². The molecule has 0 bridgehead atoms. The number of methoxy groups -OCH3 is 1. The van der Waals surface area contributed by atoms with Gasteiger partial charge in [0.1, 0.15) is 11.8 Å². The number of hydrogen-bond acceptors (Lipinski definition) is 6. The van der Waals surface area contributed by atoms with Gasteiger partial charge >= 0.3 is 0 Å². The lowest BCUT2D eigenvalue weighted by Gasteiger charge is -2.23. The Kier molecular flexibility index (Phi) is 8.81. The molecule has 2 aromatic carbocycles. The lowest BCUT2D eigenvalue weighted by Crippen LogP contribution is -2.38. The highest BCUT2D eigenvalue weighted by molar-refractivity contribution is 6.31. The van der Waals surface area contributed by atoms with E-state index in [9.17, 15) is 14.4 Å². The van der Waals surface area contributed by atoms with E-state index in [0.29, 0.717) is 44.4 Å². The monoisotopic (exact) mass is 556 g/mol. The highest BCUT2D eigenvalue weighted by Gasteiger charge is 2.26. The lowest BCUT2D eigenvalue weighted by atomic mass is 9.97. The number of allylic oxidation sites excluding steroid dienone is 4. The topological polar surface area (TPSA) is 113 Å². The summed E-state index contributed by atoms with van der Waals surface area (Å²) >= 11 is 6.23. The third-order valence-electron chi connectivity index (χ3n) is 6.44. The molecule has 1 heterocycles. The zero-order valence-electron chi connectivity index (χ0n) is 22.3. The number of nitrogens with one attached hydrogen (secondary N) is 3. The first-order chi connectivity index (χ1) is 19.2. The minimum Gasteiger partial charge on any atom is -0.495 e. The fourth-order valence-electron chi connectivity index (χ4n) is 4.49. The third kappa shape index (κ3) is 6.30. The van der Waals surface area contributed by atoms with Gasteiger partial charge in [0.25, 0.3) is 5.56 Å². The van der Waals surface area contributed by atoms with Gasteiger partial charge in [-0.05, 0) is 54.5 Å². The first-order valence-electron chi connectivity index (χ1n) is 12.5. The maximum atomic E-state index is 13.7. The Morgan fingerprint density at radius 2 is 1.85 bits per heavy atom. The van der Waals surface area contributed by atoms with E-state index in [1.165, 1.54) is 30.9 Å².